The molecule has 12 heteroatoms. The lowest BCUT2D eigenvalue weighted by Crippen LogP contribution is -2.23. The van der Waals surface area contributed by atoms with Gasteiger partial charge >= 0.3 is 0 Å². The van der Waals surface area contributed by atoms with E-state index in [4.69, 9.17) is 4.98 Å². The van der Waals surface area contributed by atoms with E-state index in [0.717, 1.165) is 78.5 Å². The fourth-order valence-corrected chi connectivity index (χ4v) is 9.68. The number of nitrogens with one attached hydrogen (secondary N) is 2. The normalized spacial score (nSPS) is 12.7. The highest BCUT2D eigenvalue weighted by molar-refractivity contribution is 8.01. The van der Waals surface area contributed by atoms with Crippen molar-refractivity contribution in [3.8, 4) is 5.69 Å². The monoisotopic (exact) mass is 697 g/mol. The molecule has 0 bridgehead atoms. The fraction of sp³-hybridized carbons (Fsp3) is 0.229. The van der Waals surface area contributed by atoms with E-state index in [9.17, 15) is 14.4 Å². The summed E-state index contributed by atoms with van der Waals surface area (Å²) in [7, 11) is 0. The molecule has 1 aliphatic carbocycles. The van der Waals surface area contributed by atoms with E-state index < -0.39 is 0 Å². The Kier molecular flexibility index (Phi) is 9.17. The predicted octanol–water partition coefficient (Wildman–Crippen LogP) is 8.01. The van der Waals surface area contributed by atoms with Crippen molar-refractivity contribution in [2.45, 2.75) is 49.0 Å². The van der Waals surface area contributed by atoms with Crippen molar-refractivity contribution in [1.29, 1.82) is 0 Å². The average molecular weight is 698 g/mol. The van der Waals surface area contributed by atoms with Crippen LogP contribution in [0.4, 0.5) is 11.4 Å². The molecule has 238 valence electrons. The second-order valence-corrected chi connectivity index (χ2v) is 15.6. The summed E-state index contributed by atoms with van der Waals surface area (Å²) in [5.74, 6) is 0.0536. The SMILES string of the molecule is Cc1cccc(NC(=O)CSc2nc3ccc(NC(=O)CSc4nc5sc6c(c5c(=O)n4-c4ccccc4)CCCC6)cc3s2)c1C. The lowest BCUT2D eigenvalue weighted by Gasteiger charge is -2.13. The molecule has 3 aromatic heterocycles. The first-order valence-corrected chi connectivity index (χ1v) is 18.9. The molecule has 0 saturated carbocycles. The highest BCUT2D eigenvalue weighted by Crippen LogP contribution is 2.36. The number of amides is 2. The van der Waals surface area contributed by atoms with E-state index in [1.165, 1.54) is 39.7 Å². The molecule has 7 rings (SSSR count). The summed E-state index contributed by atoms with van der Waals surface area (Å²) in [6.07, 6.45) is 4.11. The van der Waals surface area contributed by atoms with E-state index >= 15 is 0 Å². The van der Waals surface area contributed by atoms with Crippen molar-refractivity contribution in [2.24, 2.45) is 0 Å². The van der Waals surface area contributed by atoms with Crippen molar-refractivity contribution >= 4 is 89.8 Å². The Morgan fingerprint density at radius 1 is 0.872 bits per heavy atom. The summed E-state index contributed by atoms with van der Waals surface area (Å²) in [5, 5.41) is 7.20. The van der Waals surface area contributed by atoms with Gasteiger partial charge in [0, 0.05) is 16.3 Å². The number of hydrogen-bond acceptors (Lipinski definition) is 9. The number of aryl methyl sites for hydroxylation is 3. The van der Waals surface area contributed by atoms with Gasteiger partial charge in [-0.15, -0.1) is 22.7 Å². The first kappa shape index (κ1) is 31.6. The topological polar surface area (TPSA) is 106 Å². The van der Waals surface area contributed by atoms with Crippen molar-refractivity contribution in [3.05, 3.63) is 98.7 Å². The summed E-state index contributed by atoms with van der Waals surface area (Å²) in [5.41, 5.74) is 6.28. The number of thiazole rings is 1. The number of benzene rings is 3. The van der Waals surface area contributed by atoms with E-state index in [0.29, 0.717) is 10.8 Å². The van der Waals surface area contributed by atoms with Crippen molar-refractivity contribution in [2.75, 3.05) is 22.1 Å². The molecule has 0 unspecified atom stereocenters. The molecule has 0 aliphatic heterocycles. The van der Waals surface area contributed by atoms with Crippen LogP contribution in [0.5, 0.6) is 0 Å². The van der Waals surface area contributed by atoms with E-state index in [-0.39, 0.29) is 28.9 Å². The molecule has 1 aliphatic rings. The molecule has 8 nitrogen and oxygen atoms in total. The number of para-hydroxylation sites is 1. The minimum Gasteiger partial charge on any atom is -0.325 e. The first-order valence-electron chi connectivity index (χ1n) is 15.3. The van der Waals surface area contributed by atoms with Crippen LogP contribution in [0.3, 0.4) is 0 Å². The number of anilines is 2. The highest BCUT2D eigenvalue weighted by atomic mass is 32.2. The molecule has 47 heavy (non-hydrogen) atoms. The second kappa shape index (κ2) is 13.6. The van der Waals surface area contributed by atoms with Gasteiger partial charge in [0.05, 0.1) is 32.8 Å². The Labute approximate surface area is 288 Å². The van der Waals surface area contributed by atoms with E-state index in [1.54, 1.807) is 15.9 Å². The Balaban J connectivity index is 1.03. The zero-order valence-electron chi connectivity index (χ0n) is 25.8. The maximum atomic E-state index is 13.9. The van der Waals surface area contributed by atoms with Gasteiger partial charge in [-0.05, 0) is 92.6 Å². The zero-order valence-corrected chi connectivity index (χ0v) is 29.1. The summed E-state index contributed by atoms with van der Waals surface area (Å²) in [6.45, 7) is 4.02. The van der Waals surface area contributed by atoms with Gasteiger partial charge in [0.1, 0.15) is 4.83 Å². The van der Waals surface area contributed by atoms with Gasteiger partial charge in [-0.2, -0.15) is 0 Å². The summed E-state index contributed by atoms with van der Waals surface area (Å²) >= 11 is 5.74. The third-order valence-corrected chi connectivity index (χ3v) is 12.4. The number of carbonyl (C=O) groups excluding carboxylic acids is 2. The number of carbonyl (C=O) groups is 2. The van der Waals surface area contributed by atoms with Crippen LogP contribution in [-0.2, 0) is 22.4 Å². The van der Waals surface area contributed by atoms with Crippen LogP contribution in [0.1, 0.15) is 34.4 Å². The predicted molar refractivity (Wildman–Crippen MR) is 196 cm³/mol. The Morgan fingerprint density at radius 2 is 1.66 bits per heavy atom. The van der Waals surface area contributed by atoms with Gasteiger partial charge in [-0.1, -0.05) is 53.9 Å². The van der Waals surface area contributed by atoms with E-state index in [2.05, 4.69) is 15.6 Å². The summed E-state index contributed by atoms with van der Waals surface area (Å²) in [4.78, 5) is 51.3. The van der Waals surface area contributed by atoms with Crippen LogP contribution in [0.15, 0.2) is 81.0 Å². The van der Waals surface area contributed by atoms with Crippen LogP contribution < -0.4 is 16.2 Å². The number of fused-ring (bicyclic) bond motifs is 4. The van der Waals surface area contributed by atoms with Crippen molar-refractivity contribution in [1.82, 2.24) is 14.5 Å². The smallest absolute Gasteiger partial charge is 0.267 e. The maximum absolute atomic E-state index is 13.9. The second-order valence-electron chi connectivity index (χ2n) is 11.3. The number of nitrogens with zero attached hydrogens (tertiary/aromatic N) is 3. The highest BCUT2D eigenvalue weighted by Gasteiger charge is 2.23. The molecule has 0 saturated heterocycles. The minimum absolute atomic E-state index is 0.0735. The molecule has 0 radical (unpaired) electrons. The first-order chi connectivity index (χ1) is 22.8. The average Bonchev–Trinajstić information content (AvgIpc) is 3.66. The van der Waals surface area contributed by atoms with Gasteiger partial charge in [-0.25, -0.2) is 9.97 Å². The minimum atomic E-state index is -0.198. The molecular weight excluding hydrogens is 667 g/mol. The lowest BCUT2D eigenvalue weighted by molar-refractivity contribution is -0.114. The molecular formula is C35H31N5O3S4. The molecule has 2 N–H and O–H groups in total. The van der Waals surface area contributed by atoms with E-state index in [1.807, 2.05) is 80.6 Å². The molecule has 6 aromatic rings. The quantitative estimate of drug-likeness (QED) is 0.116. The van der Waals surface area contributed by atoms with Crippen LogP contribution in [0, 0.1) is 13.8 Å². The van der Waals surface area contributed by atoms with Crippen LogP contribution in [-0.4, -0.2) is 37.9 Å². The van der Waals surface area contributed by atoms with Crippen LogP contribution >= 0.6 is 46.2 Å². The Morgan fingerprint density at radius 3 is 2.51 bits per heavy atom. The number of rotatable bonds is 9. The van der Waals surface area contributed by atoms with Gasteiger partial charge < -0.3 is 10.6 Å². The van der Waals surface area contributed by atoms with Gasteiger partial charge in [-0.3, -0.25) is 19.0 Å². The largest absolute Gasteiger partial charge is 0.325 e. The van der Waals surface area contributed by atoms with Gasteiger partial charge in [0.15, 0.2) is 9.50 Å². The molecule has 2 amide bonds. The molecule has 0 fully saturated rings. The molecule has 0 spiro atoms. The van der Waals surface area contributed by atoms with Crippen LogP contribution in [0.25, 0.3) is 26.1 Å². The summed E-state index contributed by atoms with van der Waals surface area (Å²) in [6, 6.07) is 21.0. The Bertz CT molecular complexity index is 2210. The molecule has 3 heterocycles. The lowest BCUT2D eigenvalue weighted by atomic mass is 9.97. The fourth-order valence-electron chi connectivity index (χ4n) is 5.66. The number of thiophene rings is 1. The maximum Gasteiger partial charge on any atom is 0.267 e. The number of aromatic nitrogens is 3. The third-order valence-electron chi connectivity index (χ3n) is 8.16. The van der Waals surface area contributed by atoms with Crippen LogP contribution in [0.2, 0.25) is 0 Å². The van der Waals surface area contributed by atoms with Gasteiger partial charge in [0.25, 0.3) is 5.56 Å². The van der Waals surface area contributed by atoms with Crippen molar-refractivity contribution in [3.63, 3.8) is 0 Å². The summed E-state index contributed by atoms with van der Waals surface area (Å²) < 4.78 is 3.34. The molecule has 3 aromatic carbocycles. The van der Waals surface area contributed by atoms with Gasteiger partial charge in [0.2, 0.25) is 11.8 Å². The molecule has 0 atom stereocenters. The van der Waals surface area contributed by atoms with Crippen molar-refractivity contribution < 1.29 is 9.59 Å². The number of thioether (sulfide) groups is 2. The number of hydrogen-bond donors (Lipinski definition) is 2. The zero-order chi connectivity index (χ0) is 32.5. The third kappa shape index (κ3) is 6.73. The standard InChI is InChI=1S/C35H31N5O3S4/c1-20-9-8-13-25(21(20)2)37-30(42)19-45-35-38-26-16-15-22(17-28(26)47-35)36-29(41)18-44-34-39-32-31(24-12-6-7-14-27(24)46-32)33(43)40(34)23-10-4-3-5-11-23/h3-5,8-11,13,15-17H,6-7,12,14,18-19H2,1-2H3,(H,36,41)(H,37,42). The Hall–Kier alpha value is -3.97.